The zero-order chi connectivity index (χ0) is 12.3. The zero-order valence-corrected chi connectivity index (χ0v) is 9.57. The summed E-state index contributed by atoms with van der Waals surface area (Å²) in [6.07, 6.45) is 1.24. The summed E-state index contributed by atoms with van der Waals surface area (Å²) in [6.45, 7) is 0.161. The van der Waals surface area contributed by atoms with Gasteiger partial charge in [-0.1, -0.05) is 0 Å². The molecule has 0 aliphatic heterocycles. The molecule has 5 heteroatoms. The van der Waals surface area contributed by atoms with Crippen molar-refractivity contribution in [2.45, 2.75) is 6.10 Å². The summed E-state index contributed by atoms with van der Waals surface area (Å²) in [4.78, 5) is 14.8. The van der Waals surface area contributed by atoms with Gasteiger partial charge in [-0.2, -0.15) is 0 Å². The van der Waals surface area contributed by atoms with Gasteiger partial charge < -0.3 is 20.8 Å². The van der Waals surface area contributed by atoms with Crippen LogP contribution in [0.2, 0.25) is 0 Å². The highest BCUT2D eigenvalue weighted by Gasteiger charge is 2.15. The van der Waals surface area contributed by atoms with E-state index in [2.05, 4.69) is 10.3 Å². The minimum absolute atomic E-state index is 0.161. The van der Waals surface area contributed by atoms with E-state index >= 15 is 0 Å². The number of anilines is 1. The lowest BCUT2D eigenvalue weighted by atomic mass is 10.2. The molecule has 5 nitrogen and oxygen atoms in total. The highest BCUT2D eigenvalue weighted by molar-refractivity contribution is 5.96. The molecule has 0 bridgehead atoms. The van der Waals surface area contributed by atoms with Gasteiger partial charge in [0.15, 0.2) is 0 Å². The van der Waals surface area contributed by atoms with Gasteiger partial charge in [-0.15, -0.1) is 0 Å². The van der Waals surface area contributed by atoms with Gasteiger partial charge >= 0.3 is 0 Å². The molecule has 0 fully saturated rings. The highest BCUT2D eigenvalue weighted by Crippen LogP contribution is 2.17. The summed E-state index contributed by atoms with van der Waals surface area (Å²) in [5, 5.41) is 3.81. The smallest absolute Gasteiger partial charge is 0.254 e. The van der Waals surface area contributed by atoms with Gasteiger partial charge in [0.05, 0.1) is 0 Å². The van der Waals surface area contributed by atoms with Crippen LogP contribution in [0, 0.1) is 0 Å². The number of aromatic amines is 1. The van der Waals surface area contributed by atoms with Gasteiger partial charge in [-0.3, -0.25) is 4.79 Å². The van der Waals surface area contributed by atoms with E-state index in [4.69, 9.17) is 10.5 Å². The van der Waals surface area contributed by atoms with Crippen LogP contribution in [-0.2, 0) is 9.53 Å². The van der Waals surface area contributed by atoms with Crippen molar-refractivity contribution in [2.75, 3.05) is 19.0 Å². The van der Waals surface area contributed by atoms with Crippen LogP contribution in [0.4, 0.5) is 5.69 Å². The van der Waals surface area contributed by atoms with Crippen molar-refractivity contribution >= 4 is 22.5 Å². The summed E-state index contributed by atoms with van der Waals surface area (Å²) in [5.74, 6) is -0.232. The van der Waals surface area contributed by atoms with E-state index in [-0.39, 0.29) is 12.5 Å². The molecule has 0 aliphatic rings. The molecular formula is C12H15N3O2. The van der Waals surface area contributed by atoms with Gasteiger partial charge in [0.1, 0.15) is 6.10 Å². The Kier molecular flexibility index (Phi) is 3.41. The quantitative estimate of drug-likeness (QED) is 0.739. The Hall–Kier alpha value is -1.85. The van der Waals surface area contributed by atoms with Crippen molar-refractivity contribution < 1.29 is 9.53 Å². The summed E-state index contributed by atoms with van der Waals surface area (Å²) < 4.78 is 4.96. The number of carbonyl (C=O) groups excluding carboxylic acids is 1. The lowest BCUT2D eigenvalue weighted by Gasteiger charge is -2.12. The molecule has 1 aromatic heterocycles. The first-order valence-corrected chi connectivity index (χ1v) is 5.35. The van der Waals surface area contributed by atoms with Crippen molar-refractivity contribution in [1.82, 2.24) is 4.98 Å². The van der Waals surface area contributed by atoms with Crippen molar-refractivity contribution in [3.05, 3.63) is 30.5 Å². The lowest BCUT2D eigenvalue weighted by molar-refractivity contribution is -0.125. The van der Waals surface area contributed by atoms with Crippen molar-refractivity contribution in [3.63, 3.8) is 0 Å². The summed E-state index contributed by atoms with van der Waals surface area (Å²) >= 11 is 0. The fourth-order valence-electron chi connectivity index (χ4n) is 1.66. The standard InChI is InChI=1S/C12H15N3O2/c1-17-11(7-13)12(16)15-9-2-3-10-8(6-9)4-5-14-10/h2-6,11,14H,7,13H2,1H3,(H,15,16). The van der Waals surface area contributed by atoms with Crippen LogP contribution >= 0.6 is 0 Å². The molecular weight excluding hydrogens is 218 g/mol. The normalized spacial score (nSPS) is 12.6. The van der Waals surface area contributed by atoms with Crippen LogP contribution in [0.3, 0.4) is 0 Å². The van der Waals surface area contributed by atoms with Crippen LogP contribution in [0.25, 0.3) is 10.9 Å². The first-order chi connectivity index (χ1) is 8.24. The largest absolute Gasteiger partial charge is 0.370 e. The summed E-state index contributed by atoms with van der Waals surface area (Å²) in [7, 11) is 1.46. The number of benzene rings is 1. The Morgan fingerprint density at radius 3 is 3.06 bits per heavy atom. The first kappa shape index (κ1) is 11.6. The van der Waals surface area contributed by atoms with E-state index < -0.39 is 6.10 Å². The Balaban J connectivity index is 2.14. The fraction of sp³-hybridized carbons (Fsp3) is 0.250. The van der Waals surface area contributed by atoms with E-state index in [1.54, 1.807) is 0 Å². The molecule has 17 heavy (non-hydrogen) atoms. The van der Waals surface area contributed by atoms with Crippen LogP contribution in [0.5, 0.6) is 0 Å². The third-order valence-corrected chi connectivity index (χ3v) is 2.61. The number of nitrogens with two attached hydrogens (primary N) is 1. The number of carbonyl (C=O) groups is 1. The van der Waals surface area contributed by atoms with Crippen LogP contribution in [-0.4, -0.2) is 30.6 Å². The molecule has 0 saturated carbocycles. The molecule has 0 aliphatic carbocycles. The average molecular weight is 233 g/mol. The number of hydrogen-bond donors (Lipinski definition) is 3. The number of nitrogens with one attached hydrogen (secondary N) is 2. The third-order valence-electron chi connectivity index (χ3n) is 2.61. The van der Waals surface area contributed by atoms with Crippen molar-refractivity contribution in [2.24, 2.45) is 5.73 Å². The maximum Gasteiger partial charge on any atom is 0.254 e. The number of H-pyrrole nitrogens is 1. The number of amides is 1. The van der Waals surface area contributed by atoms with E-state index in [0.29, 0.717) is 0 Å². The molecule has 1 heterocycles. The maximum absolute atomic E-state index is 11.7. The molecule has 0 radical (unpaired) electrons. The second-order valence-electron chi connectivity index (χ2n) is 3.73. The molecule has 90 valence electrons. The minimum Gasteiger partial charge on any atom is -0.370 e. The Morgan fingerprint density at radius 2 is 2.35 bits per heavy atom. The zero-order valence-electron chi connectivity index (χ0n) is 9.57. The van der Waals surface area contributed by atoms with Crippen LogP contribution < -0.4 is 11.1 Å². The van der Waals surface area contributed by atoms with E-state index in [9.17, 15) is 4.79 Å². The summed E-state index contributed by atoms with van der Waals surface area (Å²) in [5.41, 5.74) is 7.19. The predicted octanol–water partition coefficient (Wildman–Crippen LogP) is 1.08. The van der Waals surface area contributed by atoms with E-state index in [1.165, 1.54) is 7.11 Å². The molecule has 1 amide bonds. The number of methoxy groups -OCH3 is 1. The molecule has 1 aromatic carbocycles. The van der Waals surface area contributed by atoms with Crippen LogP contribution in [0.15, 0.2) is 30.5 Å². The minimum atomic E-state index is -0.614. The Bertz CT molecular complexity index is 517. The van der Waals surface area contributed by atoms with Gasteiger partial charge in [-0.05, 0) is 24.3 Å². The molecule has 1 unspecified atom stereocenters. The SMILES string of the molecule is COC(CN)C(=O)Nc1ccc2[nH]ccc2c1. The van der Waals surface area contributed by atoms with Crippen molar-refractivity contribution in [1.29, 1.82) is 0 Å². The Labute approximate surface area is 98.9 Å². The third kappa shape index (κ3) is 2.46. The van der Waals surface area contributed by atoms with Crippen molar-refractivity contribution in [3.8, 4) is 0 Å². The second kappa shape index (κ2) is 4.99. The molecule has 2 aromatic rings. The molecule has 2 rings (SSSR count). The first-order valence-electron chi connectivity index (χ1n) is 5.35. The summed E-state index contributed by atoms with van der Waals surface area (Å²) in [6, 6.07) is 7.59. The lowest BCUT2D eigenvalue weighted by Crippen LogP contribution is -2.35. The number of aromatic nitrogens is 1. The topological polar surface area (TPSA) is 80.1 Å². The molecule has 0 spiro atoms. The van der Waals surface area contributed by atoms with Gasteiger partial charge in [-0.25, -0.2) is 0 Å². The average Bonchev–Trinajstić information content (AvgIpc) is 2.77. The van der Waals surface area contributed by atoms with Gasteiger partial charge in [0.2, 0.25) is 0 Å². The predicted molar refractivity (Wildman–Crippen MR) is 66.8 cm³/mol. The number of rotatable bonds is 4. The monoisotopic (exact) mass is 233 g/mol. The molecule has 4 N–H and O–H groups in total. The van der Waals surface area contributed by atoms with Gasteiger partial charge in [0, 0.05) is 36.4 Å². The number of hydrogen-bond acceptors (Lipinski definition) is 3. The molecule has 0 saturated heterocycles. The second-order valence-corrected chi connectivity index (χ2v) is 3.73. The Morgan fingerprint density at radius 1 is 1.53 bits per heavy atom. The maximum atomic E-state index is 11.7. The van der Waals surface area contributed by atoms with Crippen LogP contribution in [0.1, 0.15) is 0 Å². The van der Waals surface area contributed by atoms with E-state index in [0.717, 1.165) is 16.6 Å². The van der Waals surface area contributed by atoms with E-state index in [1.807, 2.05) is 30.5 Å². The highest BCUT2D eigenvalue weighted by atomic mass is 16.5. The van der Waals surface area contributed by atoms with Gasteiger partial charge in [0.25, 0.3) is 5.91 Å². The number of fused-ring (bicyclic) bond motifs is 1. The fourth-order valence-corrected chi connectivity index (χ4v) is 1.66. The number of ether oxygens (including phenoxy) is 1. The molecule has 1 atom stereocenters.